The molecule has 0 N–H and O–H groups in total. The molecule has 4 nitrogen and oxygen atoms in total. The fourth-order valence-electron chi connectivity index (χ4n) is 1.30. The summed E-state index contributed by atoms with van der Waals surface area (Å²) < 4.78 is 16.1. The summed E-state index contributed by atoms with van der Waals surface area (Å²) in [5.74, 6) is 0.497. The van der Waals surface area contributed by atoms with Crippen LogP contribution >= 0.6 is 0 Å². The van der Waals surface area contributed by atoms with E-state index in [1.54, 1.807) is 12.3 Å². The Morgan fingerprint density at radius 1 is 1.31 bits per heavy atom. The summed E-state index contributed by atoms with van der Waals surface area (Å²) in [6.45, 7) is 0. The van der Waals surface area contributed by atoms with Crippen molar-refractivity contribution in [2.45, 2.75) is 4.90 Å². The zero-order chi connectivity index (χ0) is 11.4. The number of nitrogens with zero attached hydrogens (tertiary/aromatic N) is 2. The Morgan fingerprint density at radius 2 is 2.12 bits per heavy atom. The Bertz CT molecular complexity index is 521. The first kappa shape index (κ1) is 10.8. The molecule has 0 radical (unpaired) electrons. The van der Waals surface area contributed by atoms with Crippen molar-refractivity contribution >= 4 is 23.0 Å². The molecule has 1 atom stereocenters. The van der Waals surface area contributed by atoms with Gasteiger partial charge in [0, 0.05) is 11.2 Å². The van der Waals surface area contributed by atoms with E-state index < -0.39 is 10.8 Å². The van der Waals surface area contributed by atoms with Gasteiger partial charge >= 0.3 is 0 Å². The van der Waals surface area contributed by atoms with E-state index in [2.05, 4.69) is 14.7 Å². The molecule has 2 aromatic rings. The third kappa shape index (κ3) is 2.43. The van der Waals surface area contributed by atoms with Crippen molar-refractivity contribution in [2.24, 2.45) is 0 Å². The lowest BCUT2D eigenvalue weighted by Crippen LogP contribution is -1.90. The zero-order valence-electron chi connectivity index (χ0n) is 8.66. The standard InChI is InChI=1S/C11H10N2O2S/c1-16(14)10-5-3-2-4-9(10)6-7-11-12-8-15-13-11/h2-8H,1H3. The highest BCUT2D eigenvalue weighted by Gasteiger charge is 2.02. The number of hydrogen-bond acceptors (Lipinski definition) is 4. The molecule has 1 unspecified atom stereocenters. The Kier molecular flexibility index (Phi) is 3.26. The molecular formula is C11H10N2O2S. The van der Waals surface area contributed by atoms with Gasteiger partial charge in [0.05, 0.1) is 10.8 Å². The fraction of sp³-hybridized carbons (Fsp3) is 0.0909. The molecule has 0 bridgehead atoms. The quantitative estimate of drug-likeness (QED) is 0.814. The van der Waals surface area contributed by atoms with Gasteiger partial charge in [0.2, 0.25) is 6.39 Å². The van der Waals surface area contributed by atoms with Crippen molar-refractivity contribution in [3.05, 3.63) is 42.0 Å². The molecule has 0 saturated heterocycles. The normalized spacial score (nSPS) is 13.1. The predicted molar refractivity (Wildman–Crippen MR) is 62.0 cm³/mol. The molecule has 0 aliphatic rings. The molecule has 0 fully saturated rings. The molecule has 5 heteroatoms. The molecule has 1 aromatic heterocycles. The van der Waals surface area contributed by atoms with E-state index in [1.165, 1.54) is 6.39 Å². The molecule has 82 valence electrons. The van der Waals surface area contributed by atoms with Crippen LogP contribution in [-0.4, -0.2) is 20.6 Å². The second kappa shape index (κ2) is 4.85. The van der Waals surface area contributed by atoms with Gasteiger partial charge in [-0.05, 0) is 23.8 Å². The summed E-state index contributed by atoms with van der Waals surface area (Å²) in [5.41, 5.74) is 0.896. The molecule has 1 aromatic carbocycles. The predicted octanol–water partition coefficient (Wildman–Crippen LogP) is 1.98. The van der Waals surface area contributed by atoms with Gasteiger partial charge in [-0.2, -0.15) is 4.98 Å². The average molecular weight is 234 g/mol. The zero-order valence-corrected chi connectivity index (χ0v) is 9.48. The van der Waals surface area contributed by atoms with Gasteiger partial charge in [0.15, 0.2) is 5.82 Å². The van der Waals surface area contributed by atoms with Gasteiger partial charge < -0.3 is 4.52 Å². The Morgan fingerprint density at radius 3 is 2.81 bits per heavy atom. The van der Waals surface area contributed by atoms with Crippen LogP contribution in [0.2, 0.25) is 0 Å². The molecule has 0 spiro atoms. The fourth-order valence-corrected chi connectivity index (χ4v) is 2.03. The van der Waals surface area contributed by atoms with Gasteiger partial charge in [-0.15, -0.1) is 0 Å². The topological polar surface area (TPSA) is 56.0 Å². The number of rotatable bonds is 3. The first-order valence-corrected chi connectivity index (χ1v) is 6.20. The minimum atomic E-state index is -1.00. The van der Waals surface area contributed by atoms with Crippen LogP contribution < -0.4 is 0 Å². The highest BCUT2D eigenvalue weighted by atomic mass is 32.2. The van der Waals surface area contributed by atoms with E-state index in [0.29, 0.717) is 5.82 Å². The highest BCUT2D eigenvalue weighted by molar-refractivity contribution is 7.84. The Labute approximate surface area is 95.5 Å². The highest BCUT2D eigenvalue weighted by Crippen LogP contribution is 2.15. The molecule has 0 amide bonds. The maximum absolute atomic E-state index is 11.5. The van der Waals surface area contributed by atoms with Gasteiger partial charge in [0.1, 0.15) is 0 Å². The number of aromatic nitrogens is 2. The number of hydrogen-bond donors (Lipinski definition) is 0. The van der Waals surface area contributed by atoms with Crippen LogP contribution in [0.3, 0.4) is 0 Å². The van der Waals surface area contributed by atoms with Crippen LogP contribution in [0.5, 0.6) is 0 Å². The van der Waals surface area contributed by atoms with Crippen LogP contribution in [0.15, 0.2) is 40.1 Å². The lowest BCUT2D eigenvalue weighted by molar-refractivity contribution is 0.415. The van der Waals surface area contributed by atoms with Crippen molar-refractivity contribution in [1.82, 2.24) is 10.1 Å². The first-order chi connectivity index (χ1) is 7.77. The van der Waals surface area contributed by atoms with E-state index >= 15 is 0 Å². The molecule has 2 rings (SSSR count). The molecule has 1 heterocycles. The average Bonchev–Trinajstić information content (AvgIpc) is 2.79. The lowest BCUT2D eigenvalue weighted by atomic mass is 10.2. The summed E-state index contributed by atoms with van der Waals surface area (Å²) in [6.07, 6.45) is 6.46. The number of benzene rings is 1. The first-order valence-electron chi connectivity index (χ1n) is 4.64. The van der Waals surface area contributed by atoms with Crippen LogP contribution in [0, 0.1) is 0 Å². The summed E-state index contributed by atoms with van der Waals surface area (Å²) in [5, 5.41) is 3.66. The monoisotopic (exact) mass is 234 g/mol. The minimum absolute atomic E-state index is 0.497. The summed E-state index contributed by atoms with van der Waals surface area (Å²) >= 11 is 0. The smallest absolute Gasteiger partial charge is 0.214 e. The summed E-state index contributed by atoms with van der Waals surface area (Å²) in [6, 6.07) is 7.49. The third-order valence-electron chi connectivity index (χ3n) is 2.02. The van der Waals surface area contributed by atoms with Crippen LogP contribution in [-0.2, 0) is 10.8 Å². The second-order valence-corrected chi connectivity index (χ2v) is 4.46. The van der Waals surface area contributed by atoms with Crippen molar-refractivity contribution in [1.29, 1.82) is 0 Å². The lowest BCUT2D eigenvalue weighted by Gasteiger charge is -2.00. The molecule has 0 aliphatic heterocycles. The van der Waals surface area contributed by atoms with Gasteiger partial charge in [-0.1, -0.05) is 23.4 Å². The van der Waals surface area contributed by atoms with E-state index in [-0.39, 0.29) is 0 Å². The van der Waals surface area contributed by atoms with Crippen LogP contribution in [0.1, 0.15) is 11.4 Å². The van der Waals surface area contributed by atoms with E-state index in [9.17, 15) is 4.21 Å². The second-order valence-electron chi connectivity index (χ2n) is 3.11. The van der Waals surface area contributed by atoms with Crippen LogP contribution in [0.25, 0.3) is 12.2 Å². The maximum atomic E-state index is 11.5. The maximum Gasteiger partial charge on any atom is 0.214 e. The molecule has 0 saturated carbocycles. The SMILES string of the molecule is CS(=O)c1ccccc1C=Cc1ncon1. The minimum Gasteiger partial charge on any atom is -0.342 e. The van der Waals surface area contributed by atoms with E-state index in [4.69, 9.17) is 0 Å². The third-order valence-corrected chi connectivity index (χ3v) is 3.01. The molecule has 0 aliphatic carbocycles. The molecule has 16 heavy (non-hydrogen) atoms. The Hall–Kier alpha value is -1.75. The largest absolute Gasteiger partial charge is 0.342 e. The van der Waals surface area contributed by atoms with Crippen molar-refractivity contribution in [3.8, 4) is 0 Å². The summed E-state index contributed by atoms with van der Waals surface area (Å²) in [4.78, 5) is 4.66. The van der Waals surface area contributed by atoms with Gasteiger partial charge in [-0.3, -0.25) is 4.21 Å². The van der Waals surface area contributed by atoms with Crippen molar-refractivity contribution < 1.29 is 8.73 Å². The Balaban J connectivity index is 2.31. The van der Waals surface area contributed by atoms with Crippen molar-refractivity contribution in [2.75, 3.05) is 6.26 Å². The molecular weight excluding hydrogens is 224 g/mol. The van der Waals surface area contributed by atoms with E-state index in [0.717, 1.165) is 10.5 Å². The van der Waals surface area contributed by atoms with Gasteiger partial charge in [0.25, 0.3) is 0 Å². The van der Waals surface area contributed by atoms with Gasteiger partial charge in [-0.25, -0.2) is 0 Å². The summed E-state index contributed by atoms with van der Waals surface area (Å²) in [7, 11) is -1.00. The van der Waals surface area contributed by atoms with E-state index in [1.807, 2.05) is 30.3 Å². The van der Waals surface area contributed by atoms with Crippen LogP contribution in [0.4, 0.5) is 0 Å². The van der Waals surface area contributed by atoms with Crippen molar-refractivity contribution in [3.63, 3.8) is 0 Å².